The first-order chi connectivity index (χ1) is 18.0. The third kappa shape index (κ3) is 12.3. The fraction of sp³-hybridized carbons (Fsp3) is 0.375. The summed E-state index contributed by atoms with van der Waals surface area (Å²) in [6.45, 7) is 0. The lowest BCUT2D eigenvalue weighted by atomic mass is 10.0. The molecule has 3 aromatic carbocycles. The minimum Gasteiger partial charge on any atom is -0.508 e. The number of hydrogen-bond acceptors (Lipinski definition) is 5. The smallest absolute Gasteiger partial charge is 0.166 e. The van der Waals surface area contributed by atoms with E-state index in [4.69, 9.17) is 5.11 Å². The summed E-state index contributed by atoms with van der Waals surface area (Å²) >= 11 is 0. The van der Waals surface area contributed by atoms with Crippen LogP contribution >= 0.6 is 0 Å². The predicted octanol–water partition coefficient (Wildman–Crippen LogP) is 8.24. The van der Waals surface area contributed by atoms with E-state index in [1.165, 1.54) is 25.7 Å². The van der Waals surface area contributed by atoms with E-state index in [1.54, 1.807) is 72.8 Å². The molecule has 0 aliphatic heterocycles. The minimum atomic E-state index is 0.0223. The van der Waals surface area contributed by atoms with Gasteiger partial charge in [-0.25, -0.2) is 0 Å². The molecule has 0 bridgehead atoms. The van der Waals surface area contributed by atoms with Crippen LogP contribution in [0.5, 0.6) is 17.2 Å². The van der Waals surface area contributed by atoms with Crippen molar-refractivity contribution in [3.05, 3.63) is 90.0 Å². The van der Waals surface area contributed by atoms with E-state index >= 15 is 0 Å². The molecule has 0 aliphatic carbocycles. The molecule has 0 saturated heterocycles. The molecule has 0 aromatic heterocycles. The summed E-state index contributed by atoms with van der Waals surface area (Å²) in [5.41, 5.74) is 0.861. The number of para-hydroxylation sites is 3. The second kappa shape index (κ2) is 17.8. The molecular formula is C32H40O5. The minimum absolute atomic E-state index is 0.0223. The van der Waals surface area contributed by atoms with E-state index in [1.807, 2.05) is 6.07 Å². The highest BCUT2D eigenvalue weighted by atomic mass is 16.3. The molecule has 0 saturated carbocycles. The molecule has 0 fully saturated rings. The molecular weight excluding hydrogens is 464 g/mol. The first-order valence-electron chi connectivity index (χ1n) is 13.4. The maximum Gasteiger partial charge on any atom is 0.166 e. The van der Waals surface area contributed by atoms with E-state index in [0.29, 0.717) is 29.7 Å². The average Bonchev–Trinajstić information content (AvgIpc) is 2.90. The number of carbonyl (C=O) groups is 2. The second-order valence-electron chi connectivity index (χ2n) is 9.25. The zero-order valence-electron chi connectivity index (χ0n) is 21.6. The summed E-state index contributed by atoms with van der Waals surface area (Å²) in [5, 5.41) is 28.0. The van der Waals surface area contributed by atoms with E-state index in [0.717, 1.165) is 38.5 Å². The van der Waals surface area contributed by atoms with Gasteiger partial charge in [0.15, 0.2) is 11.6 Å². The summed E-state index contributed by atoms with van der Waals surface area (Å²) in [4.78, 5) is 24.1. The van der Waals surface area contributed by atoms with Gasteiger partial charge in [0.25, 0.3) is 0 Å². The predicted molar refractivity (Wildman–Crippen MR) is 148 cm³/mol. The Kier molecular flexibility index (Phi) is 14.2. The Morgan fingerprint density at radius 1 is 0.432 bits per heavy atom. The number of phenolic OH excluding ortho intramolecular Hbond substituents is 3. The zero-order chi connectivity index (χ0) is 26.7. The van der Waals surface area contributed by atoms with Crippen molar-refractivity contribution in [2.45, 2.75) is 77.0 Å². The van der Waals surface area contributed by atoms with Gasteiger partial charge in [0.2, 0.25) is 0 Å². The number of rotatable bonds is 15. The highest BCUT2D eigenvalue weighted by molar-refractivity contribution is 5.98. The molecule has 0 aliphatic rings. The van der Waals surface area contributed by atoms with Crippen molar-refractivity contribution in [2.75, 3.05) is 0 Å². The van der Waals surface area contributed by atoms with Crippen LogP contribution in [0.2, 0.25) is 0 Å². The Balaban J connectivity index is 0.000000591. The van der Waals surface area contributed by atoms with Crippen LogP contribution in [0.3, 0.4) is 0 Å². The number of carbonyl (C=O) groups excluding carboxylic acids is 2. The van der Waals surface area contributed by atoms with Crippen LogP contribution in [0.15, 0.2) is 78.9 Å². The van der Waals surface area contributed by atoms with Gasteiger partial charge in [-0.3, -0.25) is 9.59 Å². The van der Waals surface area contributed by atoms with E-state index in [-0.39, 0.29) is 23.1 Å². The van der Waals surface area contributed by atoms with Crippen LogP contribution in [0.1, 0.15) is 97.8 Å². The Morgan fingerprint density at radius 2 is 0.757 bits per heavy atom. The molecule has 0 radical (unpaired) electrons. The molecule has 3 N–H and O–H groups in total. The third-order valence-corrected chi connectivity index (χ3v) is 6.22. The maximum atomic E-state index is 12.1. The van der Waals surface area contributed by atoms with Gasteiger partial charge in [-0.05, 0) is 49.2 Å². The normalized spacial score (nSPS) is 10.4. The first kappa shape index (κ1) is 29.6. The van der Waals surface area contributed by atoms with Crippen molar-refractivity contribution < 1.29 is 24.9 Å². The van der Waals surface area contributed by atoms with Gasteiger partial charge in [-0.2, -0.15) is 0 Å². The van der Waals surface area contributed by atoms with Crippen LogP contribution in [-0.2, 0) is 0 Å². The largest absolute Gasteiger partial charge is 0.508 e. The number of ketones is 2. The topological polar surface area (TPSA) is 94.8 Å². The van der Waals surface area contributed by atoms with Gasteiger partial charge < -0.3 is 15.3 Å². The van der Waals surface area contributed by atoms with Gasteiger partial charge in [-0.15, -0.1) is 0 Å². The molecule has 37 heavy (non-hydrogen) atoms. The summed E-state index contributed by atoms with van der Waals surface area (Å²) < 4.78 is 0. The summed E-state index contributed by atoms with van der Waals surface area (Å²) in [5.74, 6) is 0.515. The van der Waals surface area contributed by atoms with Crippen LogP contribution in [0.25, 0.3) is 0 Å². The molecule has 5 heteroatoms. The molecule has 3 rings (SSSR count). The Morgan fingerprint density at radius 3 is 1.08 bits per heavy atom. The number of benzene rings is 3. The fourth-order valence-electron chi connectivity index (χ4n) is 4.10. The number of hydrogen-bond donors (Lipinski definition) is 3. The highest BCUT2D eigenvalue weighted by Gasteiger charge is 2.10. The summed E-state index contributed by atoms with van der Waals surface area (Å²) in [6.07, 6.45) is 11.9. The number of aromatic hydroxyl groups is 3. The first-order valence-corrected chi connectivity index (χ1v) is 13.4. The Hall–Kier alpha value is -3.60. The van der Waals surface area contributed by atoms with Crippen molar-refractivity contribution in [1.29, 1.82) is 0 Å². The number of Topliss-reactive ketones (excluding diaryl/α,β-unsaturated/α-hetero) is 2. The molecule has 198 valence electrons. The molecule has 0 unspecified atom stereocenters. The molecule has 0 amide bonds. The van der Waals surface area contributed by atoms with Crippen LogP contribution in [0, 0.1) is 0 Å². The quantitative estimate of drug-likeness (QED) is 0.143. The standard InChI is InChI=1S/C26H34O4.C6H6O/c27-23(21-15-11-13-19-25(21)29)17-9-7-5-3-1-2-4-6-8-10-18-24(28)22-16-12-14-20-26(22)30;7-6-4-2-1-3-5-6/h11-16,19-20,29-30H,1-10,17-18H2;1-5,7H. The van der Waals surface area contributed by atoms with Gasteiger partial charge in [0.1, 0.15) is 17.2 Å². The van der Waals surface area contributed by atoms with Crippen LogP contribution in [0.4, 0.5) is 0 Å². The van der Waals surface area contributed by atoms with E-state index < -0.39 is 0 Å². The maximum absolute atomic E-state index is 12.1. The van der Waals surface area contributed by atoms with Crippen LogP contribution < -0.4 is 0 Å². The van der Waals surface area contributed by atoms with Gasteiger partial charge in [-0.1, -0.05) is 93.8 Å². The van der Waals surface area contributed by atoms with E-state index in [9.17, 15) is 19.8 Å². The Bertz CT molecular complexity index is 994. The lowest BCUT2D eigenvalue weighted by Gasteiger charge is -2.05. The molecule has 0 heterocycles. The van der Waals surface area contributed by atoms with Crippen molar-refractivity contribution in [3.63, 3.8) is 0 Å². The zero-order valence-corrected chi connectivity index (χ0v) is 21.6. The van der Waals surface area contributed by atoms with Crippen molar-refractivity contribution >= 4 is 11.6 Å². The van der Waals surface area contributed by atoms with Gasteiger partial charge in [0.05, 0.1) is 11.1 Å². The number of phenols is 3. The molecule has 0 spiro atoms. The summed E-state index contributed by atoms with van der Waals surface area (Å²) in [6, 6.07) is 22.2. The van der Waals surface area contributed by atoms with Crippen molar-refractivity contribution in [3.8, 4) is 17.2 Å². The van der Waals surface area contributed by atoms with Crippen LogP contribution in [-0.4, -0.2) is 26.9 Å². The average molecular weight is 505 g/mol. The lowest BCUT2D eigenvalue weighted by Crippen LogP contribution is -1.99. The second-order valence-corrected chi connectivity index (χ2v) is 9.25. The van der Waals surface area contributed by atoms with Crippen molar-refractivity contribution in [2.24, 2.45) is 0 Å². The molecule has 5 nitrogen and oxygen atoms in total. The van der Waals surface area contributed by atoms with Gasteiger partial charge in [0, 0.05) is 12.8 Å². The monoisotopic (exact) mass is 504 g/mol. The Labute approximate surface area is 220 Å². The van der Waals surface area contributed by atoms with Gasteiger partial charge >= 0.3 is 0 Å². The molecule has 0 atom stereocenters. The highest BCUT2D eigenvalue weighted by Crippen LogP contribution is 2.20. The third-order valence-electron chi connectivity index (χ3n) is 6.22. The summed E-state index contributed by atoms with van der Waals surface area (Å²) in [7, 11) is 0. The molecule has 3 aromatic rings. The lowest BCUT2D eigenvalue weighted by molar-refractivity contribution is 0.0968. The fourth-order valence-corrected chi connectivity index (χ4v) is 4.10. The number of unbranched alkanes of at least 4 members (excludes halogenated alkanes) is 9. The SMILES string of the molecule is O=C(CCCCCCCCCCCCC(=O)c1ccccc1O)c1ccccc1O.Oc1ccccc1. The van der Waals surface area contributed by atoms with Crippen molar-refractivity contribution in [1.82, 2.24) is 0 Å². The van der Waals surface area contributed by atoms with E-state index in [2.05, 4.69) is 0 Å².